The molecule has 0 saturated heterocycles. The summed E-state index contributed by atoms with van der Waals surface area (Å²) in [6.45, 7) is 8.28. The standard InChI is InChI=1S/C18H28N2O3/c1-5-12(20-17(22)23-18(2,3)4)11-19-15-10-9-14-13(15)7-6-8-16(14)21/h6-8,12,15,19,21H,5,9-11H2,1-4H3,(H,20,22). The van der Waals surface area contributed by atoms with Gasteiger partial charge in [-0.3, -0.25) is 0 Å². The van der Waals surface area contributed by atoms with E-state index in [4.69, 9.17) is 4.74 Å². The van der Waals surface area contributed by atoms with Gasteiger partial charge in [-0.25, -0.2) is 4.79 Å². The van der Waals surface area contributed by atoms with E-state index in [1.165, 1.54) is 0 Å². The Morgan fingerprint density at radius 3 is 2.83 bits per heavy atom. The van der Waals surface area contributed by atoms with Gasteiger partial charge in [-0.1, -0.05) is 19.1 Å². The van der Waals surface area contributed by atoms with E-state index in [-0.39, 0.29) is 18.2 Å². The monoisotopic (exact) mass is 320 g/mol. The minimum absolute atomic E-state index is 0.0196. The number of hydrogen-bond acceptors (Lipinski definition) is 4. The van der Waals surface area contributed by atoms with Crippen LogP contribution in [-0.2, 0) is 11.2 Å². The summed E-state index contributed by atoms with van der Waals surface area (Å²) in [6, 6.07) is 5.92. The average Bonchev–Trinajstić information content (AvgIpc) is 2.86. The summed E-state index contributed by atoms with van der Waals surface area (Å²) in [5.41, 5.74) is 1.72. The molecule has 128 valence electrons. The molecule has 0 bridgehead atoms. The number of rotatable bonds is 5. The number of ether oxygens (including phenoxy) is 1. The molecule has 1 aliphatic carbocycles. The number of fused-ring (bicyclic) bond motifs is 1. The Kier molecular flexibility index (Phi) is 5.52. The maximum absolute atomic E-state index is 11.9. The van der Waals surface area contributed by atoms with Crippen molar-refractivity contribution >= 4 is 6.09 Å². The maximum atomic E-state index is 11.9. The predicted octanol–water partition coefficient (Wildman–Crippen LogP) is 3.27. The molecule has 0 fully saturated rings. The van der Waals surface area contributed by atoms with Crippen molar-refractivity contribution in [3.8, 4) is 5.75 Å². The Balaban J connectivity index is 1.88. The number of benzene rings is 1. The van der Waals surface area contributed by atoms with E-state index in [1.807, 2.05) is 33.8 Å². The van der Waals surface area contributed by atoms with E-state index in [2.05, 4.69) is 16.7 Å². The number of alkyl carbamates (subject to hydrolysis) is 1. The molecular formula is C18H28N2O3. The van der Waals surface area contributed by atoms with Crippen molar-refractivity contribution in [1.82, 2.24) is 10.6 Å². The number of carbonyl (C=O) groups excluding carboxylic acids is 1. The summed E-state index contributed by atoms with van der Waals surface area (Å²) in [4.78, 5) is 11.9. The minimum atomic E-state index is -0.488. The van der Waals surface area contributed by atoms with Gasteiger partial charge in [0.15, 0.2) is 0 Å². The molecule has 5 nitrogen and oxygen atoms in total. The molecule has 3 N–H and O–H groups in total. The largest absolute Gasteiger partial charge is 0.508 e. The van der Waals surface area contributed by atoms with Gasteiger partial charge in [0.25, 0.3) is 0 Å². The topological polar surface area (TPSA) is 70.6 Å². The Morgan fingerprint density at radius 1 is 1.43 bits per heavy atom. The van der Waals surface area contributed by atoms with Crippen molar-refractivity contribution in [3.05, 3.63) is 29.3 Å². The van der Waals surface area contributed by atoms with Gasteiger partial charge in [0, 0.05) is 18.6 Å². The minimum Gasteiger partial charge on any atom is -0.508 e. The van der Waals surface area contributed by atoms with Crippen molar-refractivity contribution in [3.63, 3.8) is 0 Å². The first-order valence-corrected chi connectivity index (χ1v) is 8.33. The van der Waals surface area contributed by atoms with Crippen LogP contribution in [0.2, 0.25) is 0 Å². The lowest BCUT2D eigenvalue weighted by molar-refractivity contribution is 0.0502. The van der Waals surface area contributed by atoms with Crippen LogP contribution in [0.1, 0.15) is 57.7 Å². The lowest BCUT2D eigenvalue weighted by Gasteiger charge is -2.24. The Bertz CT molecular complexity index is 552. The van der Waals surface area contributed by atoms with E-state index in [9.17, 15) is 9.90 Å². The van der Waals surface area contributed by atoms with Crippen LogP contribution in [0.3, 0.4) is 0 Å². The fraction of sp³-hybridized carbons (Fsp3) is 0.611. The van der Waals surface area contributed by atoms with Gasteiger partial charge in [0.05, 0.1) is 0 Å². The number of amides is 1. The molecule has 1 amide bonds. The lowest BCUT2D eigenvalue weighted by atomic mass is 10.1. The first-order chi connectivity index (χ1) is 10.8. The molecule has 0 radical (unpaired) electrons. The van der Waals surface area contributed by atoms with Crippen molar-refractivity contribution in [1.29, 1.82) is 0 Å². The number of phenols is 1. The average molecular weight is 320 g/mol. The summed E-state index contributed by atoms with van der Waals surface area (Å²) >= 11 is 0. The highest BCUT2D eigenvalue weighted by molar-refractivity contribution is 5.68. The predicted molar refractivity (Wildman–Crippen MR) is 90.6 cm³/mol. The molecule has 1 aliphatic rings. The van der Waals surface area contributed by atoms with Crippen LogP contribution in [0.5, 0.6) is 5.75 Å². The molecule has 0 spiro atoms. The highest BCUT2D eigenvalue weighted by atomic mass is 16.6. The Morgan fingerprint density at radius 2 is 2.17 bits per heavy atom. The number of carbonyl (C=O) groups is 1. The van der Waals surface area contributed by atoms with Crippen molar-refractivity contribution in [2.24, 2.45) is 0 Å². The van der Waals surface area contributed by atoms with Crippen LogP contribution in [0.25, 0.3) is 0 Å². The molecule has 2 atom stereocenters. The smallest absolute Gasteiger partial charge is 0.407 e. The highest BCUT2D eigenvalue weighted by Crippen LogP contribution is 2.36. The first kappa shape index (κ1) is 17.6. The molecule has 23 heavy (non-hydrogen) atoms. The third-order valence-electron chi connectivity index (χ3n) is 4.07. The SMILES string of the molecule is CCC(CNC1CCc2c(O)cccc21)NC(=O)OC(C)(C)C. The fourth-order valence-electron chi connectivity index (χ4n) is 2.90. The molecule has 0 saturated carbocycles. The molecule has 0 aromatic heterocycles. The second-order valence-corrected chi connectivity index (χ2v) is 7.10. The van der Waals surface area contributed by atoms with Crippen molar-refractivity contribution in [2.45, 2.75) is 64.6 Å². The van der Waals surface area contributed by atoms with Crippen LogP contribution in [0.15, 0.2) is 18.2 Å². The molecule has 5 heteroatoms. The van der Waals surface area contributed by atoms with E-state index in [0.717, 1.165) is 30.4 Å². The van der Waals surface area contributed by atoms with Gasteiger partial charge in [-0.15, -0.1) is 0 Å². The number of nitrogens with one attached hydrogen (secondary N) is 2. The molecule has 1 aromatic carbocycles. The van der Waals surface area contributed by atoms with Gasteiger partial charge >= 0.3 is 6.09 Å². The normalized spacial score (nSPS) is 18.3. The molecule has 1 aromatic rings. The van der Waals surface area contributed by atoms with Crippen LogP contribution in [0.4, 0.5) is 4.79 Å². The van der Waals surface area contributed by atoms with Gasteiger partial charge in [0.1, 0.15) is 11.4 Å². The maximum Gasteiger partial charge on any atom is 0.407 e. The number of phenolic OH excluding ortho intramolecular Hbond substituents is 1. The zero-order valence-corrected chi connectivity index (χ0v) is 14.5. The Labute approximate surface area is 138 Å². The number of hydrogen-bond donors (Lipinski definition) is 3. The van der Waals surface area contributed by atoms with Crippen LogP contribution in [-0.4, -0.2) is 29.4 Å². The summed E-state index contributed by atoms with van der Waals surface area (Å²) in [7, 11) is 0. The molecular weight excluding hydrogens is 292 g/mol. The second-order valence-electron chi connectivity index (χ2n) is 7.10. The van der Waals surface area contributed by atoms with Gasteiger partial charge in [-0.05, 0) is 57.2 Å². The lowest BCUT2D eigenvalue weighted by Crippen LogP contribution is -2.44. The molecule has 0 aliphatic heterocycles. The summed E-state index contributed by atoms with van der Waals surface area (Å²) < 4.78 is 5.30. The van der Waals surface area contributed by atoms with Crippen LogP contribution in [0, 0.1) is 0 Å². The summed E-state index contributed by atoms with van der Waals surface area (Å²) in [5.74, 6) is 0.380. The van der Waals surface area contributed by atoms with Crippen molar-refractivity contribution < 1.29 is 14.6 Å². The molecule has 2 rings (SSSR count). The van der Waals surface area contributed by atoms with E-state index < -0.39 is 5.60 Å². The number of aromatic hydroxyl groups is 1. The zero-order valence-electron chi connectivity index (χ0n) is 14.5. The fourth-order valence-corrected chi connectivity index (χ4v) is 2.90. The third-order valence-corrected chi connectivity index (χ3v) is 4.07. The second kappa shape index (κ2) is 7.21. The first-order valence-electron chi connectivity index (χ1n) is 8.33. The summed E-state index contributed by atoms with van der Waals surface area (Å²) in [6.07, 6.45) is 2.30. The van der Waals surface area contributed by atoms with Gasteiger partial charge < -0.3 is 20.5 Å². The van der Waals surface area contributed by atoms with Gasteiger partial charge in [-0.2, -0.15) is 0 Å². The molecule has 2 unspecified atom stereocenters. The Hall–Kier alpha value is -1.75. The van der Waals surface area contributed by atoms with Crippen LogP contribution >= 0.6 is 0 Å². The van der Waals surface area contributed by atoms with E-state index in [1.54, 1.807) is 6.07 Å². The quantitative estimate of drug-likeness (QED) is 0.779. The highest BCUT2D eigenvalue weighted by Gasteiger charge is 2.25. The van der Waals surface area contributed by atoms with Crippen LogP contribution < -0.4 is 10.6 Å². The molecule has 0 heterocycles. The summed E-state index contributed by atoms with van der Waals surface area (Å²) in [5, 5.41) is 16.3. The third kappa shape index (κ3) is 4.86. The van der Waals surface area contributed by atoms with Gasteiger partial charge in [0.2, 0.25) is 0 Å². The zero-order chi connectivity index (χ0) is 17.0. The van der Waals surface area contributed by atoms with E-state index >= 15 is 0 Å². The van der Waals surface area contributed by atoms with Crippen molar-refractivity contribution in [2.75, 3.05) is 6.54 Å². The van der Waals surface area contributed by atoms with E-state index in [0.29, 0.717) is 12.3 Å².